The van der Waals surface area contributed by atoms with E-state index in [1.807, 2.05) is 13.0 Å². The van der Waals surface area contributed by atoms with Gasteiger partial charge in [0.1, 0.15) is 17.4 Å². The first kappa shape index (κ1) is 18.9. The number of ether oxygens (including phenoxy) is 1. The molecule has 1 aliphatic heterocycles. The SMILES string of the molecule is CCCc1cc(=O)oc2c(C)c(OCC(=O)N3CCC[C@@H]3C(=O)O)ccc12. The lowest BCUT2D eigenvalue weighted by atomic mass is 10.0. The standard InChI is InChI=1S/C20H23NO6/c1-3-5-13-10-18(23)27-19-12(2)16(8-7-14(13)19)26-11-17(22)21-9-4-6-15(21)20(24)25/h7-8,10,15H,3-6,9,11H2,1-2H3,(H,24,25)/t15-/m1/s1. The average Bonchev–Trinajstić information content (AvgIpc) is 3.12. The Hall–Kier alpha value is -2.83. The van der Waals surface area contributed by atoms with Gasteiger partial charge in [-0.25, -0.2) is 9.59 Å². The summed E-state index contributed by atoms with van der Waals surface area (Å²) in [6.07, 6.45) is 2.81. The number of amides is 1. The molecule has 0 radical (unpaired) electrons. The molecule has 1 atom stereocenters. The first-order valence-corrected chi connectivity index (χ1v) is 9.13. The zero-order chi connectivity index (χ0) is 19.6. The second kappa shape index (κ2) is 7.82. The molecule has 1 aromatic carbocycles. The van der Waals surface area contributed by atoms with Crippen molar-refractivity contribution in [2.45, 2.75) is 45.6 Å². The number of carbonyl (C=O) groups excluding carboxylic acids is 1. The maximum absolute atomic E-state index is 12.4. The van der Waals surface area contributed by atoms with Crippen LogP contribution in [0.3, 0.4) is 0 Å². The zero-order valence-corrected chi connectivity index (χ0v) is 15.5. The molecule has 27 heavy (non-hydrogen) atoms. The molecule has 0 bridgehead atoms. The van der Waals surface area contributed by atoms with Crippen molar-refractivity contribution in [3.63, 3.8) is 0 Å². The van der Waals surface area contributed by atoms with Crippen LogP contribution in [0.25, 0.3) is 11.0 Å². The highest BCUT2D eigenvalue weighted by Crippen LogP contribution is 2.29. The predicted octanol–water partition coefficient (Wildman–Crippen LogP) is 2.51. The lowest BCUT2D eigenvalue weighted by Crippen LogP contribution is -2.42. The van der Waals surface area contributed by atoms with Gasteiger partial charge in [0.05, 0.1) is 0 Å². The van der Waals surface area contributed by atoms with Gasteiger partial charge in [-0.05, 0) is 43.9 Å². The van der Waals surface area contributed by atoms with Gasteiger partial charge in [0.25, 0.3) is 5.91 Å². The lowest BCUT2D eigenvalue weighted by Gasteiger charge is -2.21. The Morgan fingerprint density at radius 2 is 2.15 bits per heavy atom. The number of carboxylic acid groups (broad SMARTS) is 1. The molecule has 2 heterocycles. The molecule has 1 aromatic heterocycles. The smallest absolute Gasteiger partial charge is 0.336 e. The minimum Gasteiger partial charge on any atom is -0.483 e. The first-order valence-electron chi connectivity index (χ1n) is 9.13. The maximum atomic E-state index is 12.4. The molecule has 7 nitrogen and oxygen atoms in total. The fraction of sp³-hybridized carbons (Fsp3) is 0.450. The van der Waals surface area contributed by atoms with E-state index in [1.165, 1.54) is 11.0 Å². The minimum atomic E-state index is -0.993. The topological polar surface area (TPSA) is 97.0 Å². The Kier molecular flexibility index (Phi) is 5.48. The average molecular weight is 373 g/mol. The molecule has 0 spiro atoms. The van der Waals surface area contributed by atoms with E-state index in [0.29, 0.717) is 36.3 Å². The van der Waals surface area contributed by atoms with E-state index in [0.717, 1.165) is 23.8 Å². The summed E-state index contributed by atoms with van der Waals surface area (Å²) in [5.74, 6) is -0.910. The van der Waals surface area contributed by atoms with Crippen LogP contribution in [-0.4, -0.2) is 41.1 Å². The molecule has 1 fully saturated rings. The van der Waals surface area contributed by atoms with Gasteiger partial charge < -0.3 is 19.2 Å². The Bertz CT molecular complexity index is 932. The van der Waals surface area contributed by atoms with Crippen molar-refractivity contribution in [2.24, 2.45) is 0 Å². The predicted molar refractivity (Wildman–Crippen MR) is 99.1 cm³/mol. The fourth-order valence-electron chi connectivity index (χ4n) is 3.58. The van der Waals surface area contributed by atoms with Crippen LogP contribution in [0, 0.1) is 6.92 Å². The molecule has 2 aromatic rings. The summed E-state index contributed by atoms with van der Waals surface area (Å²) in [5.41, 5.74) is 1.62. The van der Waals surface area contributed by atoms with E-state index in [9.17, 15) is 19.5 Å². The highest BCUT2D eigenvalue weighted by atomic mass is 16.5. The lowest BCUT2D eigenvalue weighted by molar-refractivity contribution is -0.148. The van der Waals surface area contributed by atoms with Crippen LogP contribution in [0.4, 0.5) is 0 Å². The summed E-state index contributed by atoms with van der Waals surface area (Å²) >= 11 is 0. The van der Waals surface area contributed by atoms with Gasteiger partial charge in [-0.3, -0.25) is 4.79 Å². The van der Waals surface area contributed by atoms with E-state index in [-0.39, 0.29) is 12.5 Å². The summed E-state index contributed by atoms with van der Waals surface area (Å²) in [5, 5.41) is 10.1. The molecular formula is C20H23NO6. The van der Waals surface area contributed by atoms with Crippen molar-refractivity contribution in [1.82, 2.24) is 4.90 Å². The van der Waals surface area contributed by atoms with Gasteiger partial charge in [-0.2, -0.15) is 0 Å². The summed E-state index contributed by atoms with van der Waals surface area (Å²) in [6.45, 7) is 3.98. The van der Waals surface area contributed by atoms with Crippen LogP contribution in [0.1, 0.15) is 37.3 Å². The van der Waals surface area contributed by atoms with Crippen molar-refractivity contribution >= 4 is 22.8 Å². The number of fused-ring (bicyclic) bond motifs is 1. The van der Waals surface area contributed by atoms with Crippen LogP contribution in [-0.2, 0) is 16.0 Å². The number of benzene rings is 1. The maximum Gasteiger partial charge on any atom is 0.336 e. The third kappa shape index (κ3) is 3.82. The number of carbonyl (C=O) groups is 2. The third-order valence-corrected chi connectivity index (χ3v) is 4.93. The van der Waals surface area contributed by atoms with Crippen LogP contribution in [0.2, 0.25) is 0 Å². The Morgan fingerprint density at radius 1 is 1.37 bits per heavy atom. The van der Waals surface area contributed by atoms with E-state index < -0.39 is 17.6 Å². The summed E-state index contributed by atoms with van der Waals surface area (Å²) in [6, 6.07) is 4.30. The van der Waals surface area contributed by atoms with Crippen LogP contribution < -0.4 is 10.4 Å². The number of nitrogens with zero attached hydrogens (tertiary/aromatic N) is 1. The van der Waals surface area contributed by atoms with E-state index >= 15 is 0 Å². The second-order valence-electron chi connectivity index (χ2n) is 6.78. The molecule has 0 unspecified atom stereocenters. The van der Waals surface area contributed by atoms with Crippen molar-refractivity contribution < 1.29 is 23.8 Å². The van der Waals surface area contributed by atoms with Crippen LogP contribution in [0.15, 0.2) is 27.4 Å². The molecule has 1 saturated heterocycles. The Morgan fingerprint density at radius 3 is 2.85 bits per heavy atom. The normalized spacial score (nSPS) is 16.7. The molecule has 0 aliphatic carbocycles. The van der Waals surface area contributed by atoms with Gasteiger partial charge in [-0.1, -0.05) is 13.3 Å². The number of rotatable bonds is 6. The largest absolute Gasteiger partial charge is 0.483 e. The molecule has 3 rings (SSSR count). The minimum absolute atomic E-state index is 0.255. The molecule has 1 aliphatic rings. The number of likely N-dealkylation sites (tertiary alicyclic amines) is 1. The number of aliphatic carboxylic acids is 1. The quantitative estimate of drug-likeness (QED) is 0.782. The monoisotopic (exact) mass is 373 g/mol. The summed E-state index contributed by atoms with van der Waals surface area (Å²) in [7, 11) is 0. The fourth-order valence-corrected chi connectivity index (χ4v) is 3.58. The van der Waals surface area contributed by atoms with Gasteiger partial charge in [0, 0.05) is 23.6 Å². The highest BCUT2D eigenvalue weighted by Gasteiger charge is 2.34. The molecule has 7 heteroatoms. The third-order valence-electron chi connectivity index (χ3n) is 4.93. The number of carboxylic acids is 1. The Balaban J connectivity index is 1.81. The molecule has 1 N–H and O–H groups in total. The summed E-state index contributed by atoms with van der Waals surface area (Å²) in [4.78, 5) is 36.8. The number of hydrogen-bond acceptors (Lipinski definition) is 5. The Labute approximate surface area is 156 Å². The van der Waals surface area contributed by atoms with E-state index in [2.05, 4.69) is 0 Å². The van der Waals surface area contributed by atoms with Crippen molar-refractivity contribution in [2.75, 3.05) is 13.2 Å². The number of aryl methyl sites for hydroxylation is 2. The van der Waals surface area contributed by atoms with Crippen molar-refractivity contribution in [3.05, 3.63) is 39.7 Å². The molecular weight excluding hydrogens is 350 g/mol. The molecule has 144 valence electrons. The number of hydrogen-bond donors (Lipinski definition) is 1. The molecule has 1 amide bonds. The van der Waals surface area contributed by atoms with Gasteiger partial charge in [-0.15, -0.1) is 0 Å². The highest BCUT2D eigenvalue weighted by molar-refractivity contribution is 5.86. The molecule has 0 saturated carbocycles. The van der Waals surface area contributed by atoms with Crippen molar-refractivity contribution in [1.29, 1.82) is 0 Å². The van der Waals surface area contributed by atoms with E-state index in [4.69, 9.17) is 9.15 Å². The van der Waals surface area contributed by atoms with E-state index in [1.54, 1.807) is 13.0 Å². The van der Waals surface area contributed by atoms with Gasteiger partial charge in [0.2, 0.25) is 0 Å². The van der Waals surface area contributed by atoms with Crippen LogP contribution in [0.5, 0.6) is 5.75 Å². The first-order chi connectivity index (χ1) is 12.9. The second-order valence-corrected chi connectivity index (χ2v) is 6.78. The van der Waals surface area contributed by atoms with Crippen molar-refractivity contribution in [3.8, 4) is 5.75 Å². The van der Waals surface area contributed by atoms with Gasteiger partial charge >= 0.3 is 11.6 Å². The van der Waals surface area contributed by atoms with Gasteiger partial charge in [0.15, 0.2) is 6.61 Å². The zero-order valence-electron chi connectivity index (χ0n) is 15.5. The van der Waals surface area contributed by atoms with Crippen LogP contribution >= 0.6 is 0 Å². The summed E-state index contributed by atoms with van der Waals surface area (Å²) < 4.78 is 11.0.